The van der Waals surface area contributed by atoms with Gasteiger partial charge in [0.25, 0.3) is 0 Å². The van der Waals surface area contributed by atoms with Crippen molar-refractivity contribution in [3.8, 4) is 17.2 Å². The number of rotatable bonds is 6. The number of fused-ring (bicyclic) bond motifs is 4. The molecule has 0 unspecified atom stereocenters. The second-order valence-electron chi connectivity index (χ2n) is 8.86. The number of benzene rings is 3. The van der Waals surface area contributed by atoms with Gasteiger partial charge >= 0.3 is 5.97 Å². The number of aromatic nitrogens is 1. The fourth-order valence-electron chi connectivity index (χ4n) is 4.99. The monoisotopic (exact) mass is 471 g/mol. The molecule has 1 saturated heterocycles. The van der Waals surface area contributed by atoms with Crippen molar-refractivity contribution >= 4 is 33.3 Å². The van der Waals surface area contributed by atoms with Crippen LogP contribution < -0.4 is 15.5 Å². The molecule has 0 aliphatic carbocycles. The first-order chi connectivity index (χ1) is 17.1. The number of morpholine rings is 1. The van der Waals surface area contributed by atoms with Crippen LogP contribution in [0.25, 0.3) is 27.4 Å². The summed E-state index contributed by atoms with van der Waals surface area (Å²) < 4.78 is 13.6. The zero-order valence-corrected chi connectivity index (χ0v) is 19.1. The minimum Gasteiger partial charge on any atom is -0.477 e. The lowest BCUT2D eigenvalue weighted by atomic mass is 10.0. The number of anilines is 1. The standard InChI is InChI=1S/C27H25N3O5/c31-25-19-7-8-21(28-10-3-11-29-12-14-34-15-13-29)26-24(19)30(16-20(25)27(32)33)23-18-5-2-1-4-17(18)6-9-22(23)35-26/h1-2,4-9,16,28H,3,10-15H2,(H,32,33). The van der Waals surface area contributed by atoms with Crippen LogP contribution in [0, 0.1) is 0 Å². The highest BCUT2D eigenvalue weighted by Gasteiger charge is 2.27. The van der Waals surface area contributed by atoms with Crippen molar-refractivity contribution in [2.24, 2.45) is 0 Å². The smallest absolute Gasteiger partial charge is 0.341 e. The van der Waals surface area contributed by atoms with Gasteiger partial charge in [-0.2, -0.15) is 0 Å². The van der Waals surface area contributed by atoms with E-state index in [1.54, 1.807) is 16.7 Å². The van der Waals surface area contributed by atoms with Gasteiger partial charge in [-0.1, -0.05) is 30.3 Å². The Morgan fingerprint density at radius 2 is 1.86 bits per heavy atom. The van der Waals surface area contributed by atoms with Crippen molar-refractivity contribution in [2.45, 2.75) is 6.42 Å². The van der Waals surface area contributed by atoms with Crippen LogP contribution in [0.4, 0.5) is 5.69 Å². The molecule has 1 fully saturated rings. The van der Waals surface area contributed by atoms with Gasteiger partial charge in [-0.3, -0.25) is 9.69 Å². The molecule has 8 nitrogen and oxygen atoms in total. The van der Waals surface area contributed by atoms with E-state index in [2.05, 4.69) is 10.2 Å². The maximum absolute atomic E-state index is 13.1. The van der Waals surface area contributed by atoms with Gasteiger partial charge in [-0.25, -0.2) is 4.79 Å². The molecule has 1 aromatic heterocycles. The summed E-state index contributed by atoms with van der Waals surface area (Å²) in [7, 11) is 0. The molecule has 3 heterocycles. The van der Waals surface area contributed by atoms with E-state index in [0.717, 1.165) is 68.0 Å². The third kappa shape index (κ3) is 3.71. The molecule has 6 rings (SSSR count). The molecule has 0 saturated carbocycles. The second-order valence-corrected chi connectivity index (χ2v) is 8.86. The molecule has 0 spiro atoms. The quantitative estimate of drug-likeness (QED) is 0.361. The molecule has 3 aromatic carbocycles. The normalized spacial score (nSPS) is 15.1. The Morgan fingerprint density at radius 3 is 2.69 bits per heavy atom. The van der Waals surface area contributed by atoms with E-state index in [-0.39, 0.29) is 5.56 Å². The van der Waals surface area contributed by atoms with Crippen LogP contribution in [-0.2, 0) is 4.74 Å². The van der Waals surface area contributed by atoms with Crippen LogP contribution >= 0.6 is 0 Å². The SMILES string of the molecule is O=C(O)c1cn2c3c(c(NCCCN4CCOCC4)ccc3c1=O)Oc1ccc3ccccc3c1-2. The molecule has 2 aliphatic heterocycles. The number of carboxylic acid groups (broad SMARTS) is 1. The van der Waals surface area contributed by atoms with Gasteiger partial charge in [-0.05, 0) is 36.6 Å². The molecule has 0 radical (unpaired) electrons. The van der Waals surface area contributed by atoms with Gasteiger partial charge in [0.15, 0.2) is 11.5 Å². The third-order valence-corrected chi connectivity index (χ3v) is 6.74. The van der Waals surface area contributed by atoms with Gasteiger partial charge < -0.3 is 24.5 Å². The molecular formula is C27H25N3O5. The summed E-state index contributed by atoms with van der Waals surface area (Å²) in [4.78, 5) is 27.4. The van der Waals surface area contributed by atoms with E-state index >= 15 is 0 Å². The predicted molar refractivity (Wildman–Crippen MR) is 134 cm³/mol. The molecule has 4 aromatic rings. The number of ether oxygens (including phenoxy) is 2. The Bertz CT molecular complexity index is 1520. The Labute approximate surface area is 201 Å². The summed E-state index contributed by atoms with van der Waals surface area (Å²) >= 11 is 0. The first-order valence-corrected chi connectivity index (χ1v) is 11.8. The van der Waals surface area contributed by atoms with Gasteiger partial charge in [0.2, 0.25) is 5.43 Å². The highest BCUT2D eigenvalue weighted by molar-refractivity contribution is 6.02. The first kappa shape index (κ1) is 21.6. The number of hydrogen-bond acceptors (Lipinski definition) is 6. The van der Waals surface area contributed by atoms with Crippen LogP contribution in [0.5, 0.6) is 11.5 Å². The summed E-state index contributed by atoms with van der Waals surface area (Å²) in [5.74, 6) is -0.105. The molecular weight excluding hydrogens is 446 g/mol. The Morgan fingerprint density at radius 1 is 1.03 bits per heavy atom. The van der Waals surface area contributed by atoms with E-state index in [4.69, 9.17) is 9.47 Å². The summed E-state index contributed by atoms with van der Waals surface area (Å²) in [5, 5.41) is 15.4. The number of nitrogens with one attached hydrogen (secondary N) is 1. The number of carbonyl (C=O) groups is 1. The summed E-state index contributed by atoms with van der Waals surface area (Å²) in [6.45, 7) is 5.17. The number of carboxylic acids is 1. The average Bonchev–Trinajstić information content (AvgIpc) is 2.88. The lowest BCUT2D eigenvalue weighted by Crippen LogP contribution is -2.37. The summed E-state index contributed by atoms with van der Waals surface area (Å²) in [6, 6.07) is 15.2. The van der Waals surface area contributed by atoms with Crippen LogP contribution in [0.2, 0.25) is 0 Å². The average molecular weight is 472 g/mol. The van der Waals surface area contributed by atoms with Crippen molar-refractivity contribution in [3.63, 3.8) is 0 Å². The lowest BCUT2D eigenvalue weighted by Gasteiger charge is -2.27. The number of hydrogen-bond donors (Lipinski definition) is 2. The minimum absolute atomic E-state index is 0.268. The third-order valence-electron chi connectivity index (χ3n) is 6.74. The molecule has 35 heavy (non-hydrogen) atoms. The fourth-order valence-corrected chi connectivity index (χ4v) is 4.99. The van der Waals surface area contributed by atoms with Gasteiger partial charge in [-0.15, -0.1) is 0 Å². The lowest BCUT2D eigenvalue weighted by molar-refractivity contribution is 0.0378. The fraction of sp³-hybridized carbons (Fsp3) is 0.259. The minimum atomic E-state index is -1.25. The first-order valence-electron chi connectivity index (χ1n) is 11.8. The summed E-state index contributed by atoms with van der Waals surface area (Å²) in [6.07, 6.45) is 2.37. The highest BCUT2D eigenvalue weighted by atomic mass is 16.5. The Balaban J connectivity index is 1.44. The molecule has 2 N–H and O–H groups in total. The van der Waals surface area contributed by atoms with Crippen LogP contribution in [0.1, 0.15) is 16.8 Å². The maximum atomic E-state index is 13.1. The van der Waals surface area contributed by atoms with Crippen molar-refractivity contribution in [3.05, 3.63) is 70.5 Å². The molecule has 2 aliphatic rings. The zero-order valence-electron chi connectivity index (χ0n) is 19.1. The molecule has 178 valence electrons. The van der Waals surface area contributed by atoms with Crippen molar-refractivity contribution in [1.29, 1.82) is 0 Å². The Kier molecular flexibility index (Phi) is 5.39. The topological polar surface area (TPSA) is 93.0 Å². The van der Waals surface area contributed by atoms with Gasteiger partial charge in [0, 0.05) is 31.2 Å². The highest BCUT2D eigenvalue weighted by Crippen LogP contribution is 2.46. The second kappa shape index (κ2) is 8.72. The van der Waals surface area contributed by atoms with Crippen molar-refractivity contribution < 1.29 is 19.4 Å². The number of aromatic carboxylic acids is 1. The van der Waals surface area contributed by atoms with E-state index in [0.29, 0.717) is 22.4 Å². The van der Waals surface area contributed by atoms with E-state index in [1.165, 1.54) is 6.20 Å². The molecule has 0 bridgehead atoms. The van der Waals surface area contributed by atoms with Crippen molar-refractivity contribution in [1.82, 2.24) is 9.47 Å². The zero-order chi connectivity index (χ0) is 23.9. The van der Waals surface area contributed by atoms with Crippen LogP contribution in [-0.4, -0.2) is 59.9 Å². The van der Waals surface area contributed by atoms with Gasteiger partial charge in [0.1, 0.15) is 11.1 Å². The van der Waals surface area contributed by atoms with E-state index < -0.39 is 11.4 Å². The molecule has 8 heteroatoms. The Hall–Kier alpha value is -3.88. The van der Waals surface area contributed by atoms with Crippen LogP contribution in [0.15, 0.2) is 59.5 Å². The molecule has 0 atom stereocenters. The van der Waals surface area contributed by atoms with E-state index in [9.17, 15) is 14.7 Å². The molecule has 0 amide bonds. The van der Waals surface area contributed by atoms with Crippen LogP contribution in [0.3, 0.4) is 0 Å². The van der Waals surface area contributed by atoms with E-state index in [1.807, 2.05) is 36.4 Å². The number of nitrogens with zero attached hydrogens (tertiary/aromatic N) is 2. The van der Waals surface area contributed by atoms with Gasteiger partial charge in [0.05, 0.1) is 30.0 Å². The largest absolute Gasteiger partial charge is 0.477 e. The van der Waals surface area contributed by atoms with Crippen molar-refractivity contribution in [2.75, 3.05) is 44.7 Å². The maximum Gasteiger partial charge on any atom is 0.341 e. The summed E-state index contributed by atoms with van der Waals surface area (Å²) in [5.41, 5.74) is 1.29. The number of pyridine rings is 1. The predicted octanol–water partition coefficient (Wildman–Crippen LogP) is 4.08.